The maximum absolute atomic E-state index is 13.3. The molecule has 0 fully saturated rings. The molecule has 2 aromatic carbocycles. The van der Waals surface area contributed by atoms with Crippen LogP contribution in [0.25, 0.3) is 5.69 Å². The van der Waals surface area contributed by atoms with Crippen molar-refractivity contribution in [2.75, 3.05) is 18.1 Å². The highest BCUT2D eigenvalue weighted by Crippen LogP contribution is 2.33. The Morgan fingerprint density at radius 1 is 1.04 bits per heavy atom. The fraction of sp³-hybridized carbons (Fsp3) is 0.211. The molecule has 1 N–H and O–H groups in total. The number of aliphatic hydroxyl groups excluding tert-OH is 1. The van der Waals surface area contributed by atoms with E-state index in [1.165, 1.54) is 18.2 Å². The van der Waals surface area contributed by atoms with E-state index in [9.17, 15) is 23.5 Å². The van der Waals surface area contributed by atoms with E-state index in [0.717, 1.165) is 16.4 Å². The Balaban J connectivity index is 2.04. The predicted octanol–water partition coefficient (Wildman–Crippen LogP) is 3.16. The van der Waals surface area contributed by atoms with Gasteiger partial charge in [0.15, 0.2) is 5.82 Å². The van der Waals surface area contributed by atoms with Gasteiger partial charge in [-0.15, -0.1) is 15.0 Å². The summed E-state index contributed by atoms with van der Waals surface area (Å²) in [6, 6.07) is 16.0. The van der Waals surface area contributed by atoms with Crippen LogP contribution in [0.3, 0.4) is 0 Å². The highest BCUT2D eigenvalue weighted by molar-refractivity contribution is 5.52. The lowest BCUT2D eigenvalue weighted by Crippen LogP contribution is -2.27. The first-order valence-electron chi connectivity index (χ1n) is 8.38. The first-order valence-corrected chi connectivity index (χ1v) is 8.38. The SMILES string of the molecule is N#Cc1nn(-c2ccccc2C(F)(F)F)nc1N(CCO)Cc1ccccc1. The summed E-state index contributed by atoms with van der Waals surface area (Å²) in [4.78, 5) is 2.42. The number of hydrogen-bond acceptors (Lipinski definition) is 5. The summed E-state index contributed by atoms with van der Waals surface area (Å²) in [5.41, 5.74) is -0.411. The topological polar surface area (TPSA) is 78.0 Å². The Morgan fingerprint density at radius 2 is 1.71 bits per heavy atom. The molecule has 0 amide bonds. The van der Waals surface area contributed by atoms with Crippen molar-refractivity contribution in [3.63, 3.8) is 0 Å². The van der Waals surface area contributed by atoms with Gasteiger partial charge in [0.05, 0.1) is 17.9 Å². The van der Waals surface area contributed by atoms with Crippen LogP contribution in [0.2, 0.25) is 0 Å². The fourth-order valence-corrected chi connectivity index (χ4v) is 2.76. The highest BCUT2D eigenvalue weighted by Gasteiger charge is 2.34. The molecule has 9 heteroatoms. The second-order valence-electron chi connectivity index (χ2n) is 5.92. The third-order valence-corrected chi connectivity index (χ3v) is 4.01. The number of alkyl halides is 3. The first kappa shape index (κ1) is 19.4. The molecule has 0 bridgehead atoms. The summed E-state index contributed by atoms with van der Waals surface area (Å²) in [7, 11) is 0. The van der Waals surface area contributed by atoms with Gasteiger partial charge in [-0.05, 0) is 17.7 Å². The zero-order valence-corrected chi connectivity index (χ0v) is 14.6. The summed E-state index contributed by atoms with van der Waals surface area (Å²) in [5, 5.41) is 26.9. The quantitative estimate of drug-likeness (QED) is 0.703. The second kappa shape index (κ2) is 8.10. The molecule has 0 aliphatic rings. The van der Waals surface area contributed by atoms with Gasteiger partial charge in [0, 0.05) is 13.1 Å². The zero-order chi connectivity index (χ0) is 20.1. The van der Waals surface area contributed by atoms with Gasteiger partial charge in [0.25, 0.3) is 0 Å². The molecular weight excluding hydrogens is 371 g/mol. The molecule has 0 unspecified atom stereocenters. The number of halogens is 3. The number of benzene rings is 2. The van der Waals surface area contributed by atoms with Crippen molar-refractivity contribution < 1.29 is 18.3 Å². The lowest BCUT2D eigenvalue weighted by atomic mass is 10.2. The Hall–Kier alpha value is -3.38. The van der Waals surface area contributed by atoms with Crippen molar-refractivity contribution in [3.8, 4) is 11.8 Å². The Morgan fingerprint density at radius 3 is 2.36 bits per heavy atom. The molecule has 1 heterocycles. The van der Waals surface area contributed by atoms with E-state index in [2.05, 4.69) is 10.2 Å². The van der Waals surface area contributed by atoms with Gasteiger partial charge in [-0.1, -0.05) is 42.5 Å². The van der Waals surface area contributed by atoms with Crippen LogP contribution in [0.15, 0.2) is 54.6 Å². The summed E-state index contributed by atoms with van der Waals surface area (Å²) >= 11 is 0. The van der Waals surface area contributed by atoms with Gasteiger partial charge in [-0.2, -0.15) is 18.4 Å². The molecule has 1 aromatic heterocycles. The average molecular weight is 387 g/mol. The number of para-hydroxylation sites is 1. The van der Waals surface area contributed by atoms with Crippen molar-refractivity contribution in [1.82, 2.24) is 15.0 Å². The molecule has 0 radical (unpaired) electrons. The van der Waals surface area contributed by atoms with Crippen LogP contribution < -0.4 is 4.90 Å². The molecule has 0 aliphatic heterocycles. The van der Waals surface area contributed by atoms with Gasteiger partial charge in [0.2, 0.25) is 5.69 Å². The van der Waals surface area contributed by atoms with Crippen molar-refractivity contribution in [2.45, 2.75) is 12.7 Å². The lowest BCUT2D eigenvalue weighted by molar-refractivity contribution is -0.137. The van der Waals surface area contributed by atoms with Crippen LogP contribution in [-0.2, 0) is 12.7 Å². The number of aromatic nitrogens is 3. The molecule has 3 rings (SSSR count). The van der Waals surface area contributed by atoms with Crippen LogP contribution in [-0.4, -0.2) is 33.3 Å². The Bertz CT molecular complexity index is 979. The Labute approximate surface area is 159 Å². The van der Waals surface area contributed by atoms with Gasteiger partial charge >= 0.3 is 6.18 Å². The van der Waals surface area contributed by atoms with E-state index < -0.39 is 11.7 Å². The molecular formula is C19H16F3N5O. The van der Waals surface area contributed by atoms with Crippen LogP contribution in [0.5, 0.6) is 0 Å². The molecule has 0 atom stereocenters. The smallest absolute Gasteiger partial charge is 0.395 e. The van der Waals surface area contributed by atoms with Crippen molar-refractivity contribution in [1.29, 1.82) is 5.26 Å². The molecule has 28 heavy (non-hydrogen) atoms. The van der Waals surface area contributed by atoms with Crippen molar-refractivity contribution in [3.05, 3.63) is 71.4 Å². The molecule has 144 valence electrons. The van der Waals surface area contributed by atoms with E-state index in [0.29, 0.717) is 6.54 Å². The minimum absolute atomic E-state index is 0.109. The summed E-state index contributed by atoms with van der Waals surface area (Å²) < 4.78 is 39.9. The molecule has 0 saturated heterocycles. The number of hydrogen-bond donors (Lipinski definition) is 1. The van der Waals surface area contributed by atoms with Gasteiger partial charge < -0.3 is 10.0 Å². The molecule has 0 spiro atoms. The highest BCUT2D eigenvalue weighted by atomic mass is 19.4. The van der Waals surface area contributed by atoms with E-state index in [4.69, 9.17) is 0 Å². The molecule has 0 aliphatic carbocycles. The summed E-state index contributed by atoms with van der Waals surface area (Å²) in [5.74, 6) is 0.109. The second-order valence-corrected chi connectivity index (χ2v) is 5.92. The van der Waals surface area contributed by atoms with Crippen LogP contribution >= 0.6 is 0 Å². The standard InChI is InChI=1S/C19H16F3N5O/c20-19(21,22)15-8-4-5-9-17(15)27-24-16(12-23)18(25-27)26(10-11-28)13-14-6-2-1-3-7-14/h1-9,28H,10-11,13H2. The maximum atomic E-state index is 13.3. The number of anilines is 1. The van der Waals surface area contributed by atoms with Gasteiger partial charge in [-0.25, -0.2) is 0 Å². The van der Waals surface area contributed by atoms with E-state index in [1.807, 2.05) is 36.4 Å². The number of nitrogens with zero attached hydrogens (tertiary/aromatic N) is 5. The van der Waals surface area contributed by atoms with Gasteiger partial charge in [0.1, 0.15) is 6.07 Å². The van der Waals surface area contributed by atoms with Crippen molar-refractivity contribution in [2.24, 2.45) is 0 Å². The predicted molar refractivity (Wildman–Crippen MR) is 95.7 cm³/mol. The Kier molecular flexibility index (Phi) is 5.61. The van der Waals surface area contributed by atoms with E-state index in [-0.39, 0.29) is 30.4 Å². The molecule has 0 saturated carbocycles. The number of nitriles is 1. The van der Waals surface area contributed by atoms with Gasteiger partial charge in [-0.3, -0.25) is 0 Å². The largest absolute Gasteiger partial charge is 0.418 e. The minimum atomic E-state index is -4.59. The lowest BCUT2D eigenvalue weighted by Gasteiger charge is -2.21. The first-order chi connectivity index (χ1) is 13.4. The molecule has 3 aromatic rings. The van der Waals surface area contributed by atoms with E-state index in [1.54, 1.807) is 4.90 Å². The fourth-order valence-electron chi connectivity index (χ4n) is 2.76. The molecule has 6 nitrogen and oxygen atoms in total. The normalized spacial score (nSPS) is 11.2. The third kappa shape index (κ3) is 4.13. The maximum Gasteiger partial charge on any atom is 0.418 e. The monoisotopic (exact) mass is 387 g/mol. The van der Waals surface area contributed by atoms with Crippen LogP contribution in [0, 0.1) is 11.3 Å². The summed E-state index contributed by atoms with van der Waals surface area (Å²) in [6.45, 7) is 0.239. The number of rotatable bonds is 6. The average Bonchev–Trinajstić information content (AvgIpc) is 3.12. The minimum Gasteiger partial charge on any atom is -0.395 e. The zero-order valence-electron chi connectivity index (χ0n) is 14.6. The van der Waals surface area contributed by atoms with Crippen LogP contribution in [0.1, 0.15) is 16.8 Å². The third-order valence-electron chi connectivity index (χ3n) is 4.01. The van der Waals surface area contributed by atoms with E-state index >= 15 is 0 Å². The summed E-state index contributed by atoms with van der Waals surface area (Å²) in [6.07, 6.45) is -4.59. The van der Waals surface area contributed by atoms with Crippen LogP contribution in [0.4, 0.5) is 19.0 Å². The number of aliphatic hydroxyl groups is 1. The van der Waals surface area contributed by atoms with Crippen molar-refractivity contribution >= 4 is 5.82 Å².